The smallest absolute Gasteiger partial charge is 0.187 e. The van der Waals surface area contributed by atoms with Crippen molar-refractivity contribution in [3.63, 3.8) is 0 Å². The molecule has 2 aromatic rings. The Balaban J connectivity index is 1.79. The van der Waals surface area contributed by atoms with Crippen molar-refractivity contribution in [2.75, 3.05) is 27.4 Å². The molecule has 0 aromatic heterocycles. The monoisotopic (exact) mass is 674 g/mol. The van der Waals surface area contributed by atoms with E-state index >= 15 is 0 Å². The third kappa shape index (κ3) is 11.9. The van der Waals surface area contributed by atoms with Crippen molar-refractivity contribution < 1.29 is 14.2 Å². The minimum Gasteiger partial charge on any atom is -0.496 e. The normalized spacial score (nSPS) is 11.6. The first-order valence-corrected chi connectivity index (χ1v) is 13.9. The van der Waals surface area contributed by atoms with Crippen LogP contribution in [0.2, 0.25) is 0 Å². The van der Waals surface area contributed by atoms with Crippen LogP contribution in [0.15, 0.2) is 50.4 Å². The fourth-order valence-corrected chi connectivity index (χ4v) is 4.40. The molecule has 0 bridgehead atoms. The van der Waals surface area contributed by atoms with E-state index in [1.54, 1.807) is 20.4 Å². The van der Waals surface area contributed by atoms with Crippen LogP contribution in [0.5, 0.6) is 11.5 Å². The maximum atomic E-state index is 5.48. The summed E-state index contributed by atoms with van der Waals surface area (Å²) < 4.78 is 17.8. The van der Waals surface area contributed by atoms with Gasteiger partial charge >= 0.3 is 0 Å². The summed E-state index contributed by atoms with van der Waals surface area (Å²) in [7, 11) is 3.27. The molecule has 0 aliphatic carbocycles. The summed E-state index contributed by atoms with van der Waals surface area (Å²) in [6.07, 6.45) is 2.40. The molecule has 0 saturated carbocycles. The molecule has 0 aliphatic rings. The molecule has 0 fully saturated rings. The number of nitrogens with zero attached hydrogens (tertiary/aromatic N) is 1. The van der Waals surface area contributed by atoms with Crippen molar-refractivity contribution >= 4 is 72.7 Å². The Hall–Kier alpha value is -2.03. The highest BCUT2D eigenvalue weighted by atomic mass is 79.9. The maximum Gasteiger partial charge on any atom is 0.187 e. The van der Waals surface area contributed by atoms with Gasteiger partial charge in [0, 0.05) is 32.5 Å². The van der Waals surface area contributed by atoms with Gasteiger partial charge in [0.2, 0.25) is 0 Å². The van der Waals surface area contributed by atoms with Crippen LogP contribution in [0, 0.1) is 0 Å². The Morgan fingerprint density at radius 3 is 2.03 bits per heavy atom. The SMILES string of the molecule is CCOCCC(/C=N/NC(=S)NCc1ccc(OC)c(Br)c1)NNC(=S)NCc1ccc(OC)c(Br)c1. The fraction of sp³-hybridized carbons (Fsp3) is 0.375. The Bertz CT molecular complexity index is 1060. The van der Waals surface area contributed by atoms with Crippen LogP contribution >= 0.6 is 56.3 Å². The number of halogens is 2. The van der Waals surface area contributed by atoms with E-state index in [1.165, 1.54) is 0 Å². The average molecular weight is 677 g/mol. The molecule has 9 nitrogen and oxygen atoms in total. The summed E-state index contributed by atoms with van der Waals surface area (Å²) in [5, 5.41) is 11.4. The van der Waals surface area contributed by atoms with Gasteiger partial charge in [-0.2, -0.15) is 5.10 Å². The van der Waals surface area contributed by atoms with Gasteiger partial charge in [0.15, 0.2) is 10.2 Å². The molecule has 0 amide bonds. The largest absolute Gasteiger partial charge is 0.496 e. The van der Waals surface area contributed by atoms with Crippen LogP contribution < -0.4 is 36.4 Å². The summed E-state index contributed by atoms with van der Waals surface area (Å²) in [6.45, 7) is 4.26. The first kappa shape index (κ1) is 31.2. The number of ether oxygens (including phenoxy) is 3. The second-order valence-corrected chi connectivity index (χ2v) is 10.1. The van der Waals surface area contributed by atoms with Crippen molar-refractivity contribution in [3.8, 4) is 11.5 Å². The Morgan fingerprint density at radius 2 is 1.51 bits per heavy atom. The van der Waals surface area contributed by atoms with E-state index in [1.807, 2.05) is 43.3 Å². The number of benzene rings is 2. The van der Waals surface area contributed by atoms with Crippen LogP contribution in [0.1, 0.15) is 24.5 Å². The van der Waals surface area contributed by atoms with Gasteiger partial charge in [-0.15, -0.1) is 0 Å². The van der Waals surface area contributed by atoms with Crippen LogP contribution in [0.25, 0.3) is 0 Å². The summed E-state index contributed by atoms with van der Waals surface area (Å²) in [6, 6.07) is 11.5. The first-order chi connectivity index (χ1) is 17.9. The number of hydrogen-bond donors (Lipinski definition) is 5. The average Bonchev–Trinajstić information content (AvgIpc) is 2.89. The van der Waals surface area contributed by atoms with Gasteiger partial charge in [0.05, 0.1) is 29.2 Å². The lowest BCUT2D eigenvalue weighted by molar-refractivity contribution is 0.141. The summed E-state index contributed by atoms with van der Waals surface area (Å²) in [4.78, 5) is 0. The number of hydrazine groups is 1. The van der Waals surface area contributed by atoms with Gasteiger partial charge in [-0.05, 0) is 105 Å². The molecule has 13 heteroatoms. The molecule has 37 heavy (non-hydrogen) atoms. The predicted molar refractivity (Wildman–Crippen MR) is 163 cm³/mol. The zero-order valence-electron chi connectivity index (χ0n) is 20.9. The third-order valence-electron chi connectivity index (χ3n) is 4.91. The number of rotatable bonds is 14. The number of methoxy groups -OCH3 is 2. The van der Waals surface area contributed by atoms with Gasteiger partial charge < -0.3 is 24.8 Å². The lowest BCUT2D eigenvalue weighted by Gasteiger charge is -2.18. The molecule has 1 atom stereocenters. The van der Waals surface area contributed by atoms with Crippen molar-refractivity contribution in [2.24, 2.45) is 5.10 Å². The van der Waals surface area contributed by atoms with E-state index in [0.29, 0.717) is 42.9 Å². The van der Waals surface area contributed by atoms with Gasteiger partial charge in [-0.3, -0.25) is 10.9 Å². The van der Waals surface area contributed by atoms with Crippen LogP contribution in [0.3, 0.4) is 0 Å². The van der Waals surface area contributed by atoms with Crippen LogP contribution in [0.4, 0.5) is 0 Å². The molecular weight excluding hydrogens is 644 g/mol. The highest BCUT2D eigenvalue weighted by Crippen LogP contribution is 2.26. The van der Waals surface area contributed by atoms with E-state index in [-0.39, 0.29) is 6.04 Å². The van der Waals surface area contributed by atoms with E-state index in [4.69, 9.17) is 38.6 Å². The topological polar surface area (TPSA) is 100 Å². The molecule has 1 unspecified atom stereocenters. The number of hydrogen-bond acceptors (Lipinski definition) is 7. The van der Waals surface area contributed by atoms with Crippen molar-refractivity contribution in [2.45, 2.75) is 32.5 Å². The standard InChI is InChI=1S/C24H32Br2N6O3S2/c1-4-35-10-9-18(30-32-24(37)28-14-17-6-8-22(34-3)20(26)12-17)15-29-31-23(36)27-13-16-5-7-21(33-2)19(25)11-16/h5-8,11-12,15,18,30H,4,9-10,13-14H2,1-3H3,(H2,27,31,36)(H2,28,32,37)/b29-15+. The summed E-state index contributed by atoms with van der Waals surface area (Å²) in [5.41, 5.74) is 11.1. The quantitative estimate of drug-likeness (QED) is 0.0870. The molecule has 0 aliphatic heterocycles. The number of nitrogens with one attached hydrogen (secondary N) is 5. The Kier molecular flexibility index (Phi) is 14.7. The molecule has 5 N–H and O–H groups in total. The zero-order chi connectivity index (χ0) is 27.0. The second-order valence-electron chi connectivity index (χ2n) is 7.55. The van der Waals surface area contributed by atoms with Crippen LogP contribution in [-0.4, -0.2) is 49.9 Å². The predicted octanol–water partition coefficient (Wildman–Crippen LogP) is 4.14. The van der Waals surface area contributed by atoms with Gasteiger partial charge in [-0.25, -0.2) is 5.43 Å². The molecule has 2 rings (SSSR count). The van der Waals surface area contributed by atoms with Gasteiger partial charge in [-0.1, -0.05) is 12.1 Å². The van der Waals surface area contributed by atoms with E-state index in [9.17, 15) is 0 Å². The highest BCUT2D eigenvalue weighted by Gasteiger charge is 2.08. The fourth-order valence-electron chi connectivity index (χ4n) is 2.97. The van der Waals surface area contributed by atoms with Crippen LogP contribution in [-0.2, 0) is 17.8 Å². The van der Waals surface area contributed by atoms with E-state index in [0.717, 1.165) is 31.6 Å². The highest BCUT2D eigenvalue weighted by molar-refractivity contribution is 9.10. The molecule has 2 aromatic carbocycles. The van der Waals surface area contributed by atoms with E-state index < -0.39 is 0 Å². The van der Waals surface area contributed by atoms with Gasteiger partial charge in [0.1, 0.15) is 11.5 Å². The molecule has 0 spiro atoms. The van der Waals surface area contributed by atoms with Crippen molar-refractivity contribution in [1.82, 2.24) is 26.9 Å². The molecule has 0 radical (unpaired) electrons. The minimum absolute atomic E-state index is 0.158. The second kappa shape index (κ2) is 17.5. The number of thiocarbonyl (C=S) groups is 2. The van der Waals surface area contributed by atoms with E-state index in [2.05, 4.69) is 63.9 Å². The lowest BCUT2D eigenvalue weighted by Crippen LogP contribution is -2.49. The minimum atomic E-state index is -0.158. The third-order valence-corrected chi connectivity index (χ3v) is 6.63. The Labute approximate surface area is 245 Å². The van der Waals surface area contributed by atoms with Gasteiger partial charge in [0.25, 0.3) is 0 Å². The summed E-state index contributed by atoms with van der Waals surface area (Å²) in [5.74, 6) is 1.55. The first-order valence-electron chi connectivity index (χ1n) is 11.4. The molecular formula is C24H32Br2N6O3S2. The summed E-state index contributed by atoms with van der Waals surface area (Å²) >= 11 is 17.7. The molecule has 0 saturated heterocycles. The zero-order valence-corrected chi connectivity index (χ0v) is 25.7. The Morgan fingerprint density at radius 1 is 0.946 bits per heavy atom. The van der Waals surface area contributed by atoms with Crippen molar-refractivity contribution in [1.29, 1.82) is 0 Å². The maximum absolute atomic E-state index is 5.48. The lowest BCUT2D eigenvalue weighted by atomic mass is 10.2. The number of hydrazone groups is 1. The molecule has 202 valence electrons. The van der Waals surface area contributed by atoms with Crippen molar-refractivity contribution in [3.05, 3.63) is 56.5 Å². The molecule has 0 heterocycles.